The van der Waals surface area contributed by atoms with Crippen LogP contribution in [0.15, 0.2) is 36.5 Å². The molecule has 0 radical (unpaired) electrons. The molecule has 0 rings (SSSR count). The molecule has 0 saturated heterocycles. The highest BCUT2D eigenvalue weighted by atomic mass is 16.6. The minimum atomic E-state index is -0.536. The molecule has 0 amide bonds. The molecule has 0 fully saturated rings. The fourth-order valence-corrected chi connectivity index (χ4v) is 8.71. The van der Waals surface area contributed by atoms with E-state index < -0.39 is 6.10 Å². The van der Waals surface area contributed by atoms with Gasteiger partial charge in [0.1, 0.15) is 6.61 Å². The molecule has 0 heterocycles. The van der Waals surface area contributed by atoms with Crippen molar-refractivity contribution in [1.82, 2.24) is 0 Å². The van der Waals surface area contributed by atoms with E-state index in [0.29, 0.717) is 26.1 Å². The molecule has 0 N–H and O–H groups in total. The smallest absolute Gasteiger partial charge is 0.306 e. The Morgan fingerprint density at radius 1 is 0.333 bits per heavy atom. The maximum atomic E-state index is 12.9. The molecule has 388 valence electrons. The van der Waals surface area contributed by atoms with Gasteiger partial charge in [0.05, 0.1) is 6.61 Å². The van der Waals surface area contributed by atoms with Gasteiger partial charge in [0.2, 0.25) is 0 Å². The van der Waals surface area contributed by atoms with Gasteiger partial charge < -0.3 is 14.2 Å². The maximum absolute atomic E-state index is 12.9. The third kappa shape index (κ3) is 54.7. The van der Waals surface area contributed by atoms with Crippen molar-refractivity contribution in [2.24, 2.45) is 0 Å². The lowest BCUT2D eigenvalue weighted by molar-refractivity contribution is -0.163. The molecule has 5 heteroatoms. The Bertz CT molecular complexity index is 1050. The summed E-state index contributed by atoms with van der Waals surface area (Å²) in [7, 11) is 0. The Morgan fingerprint density at radius 2 is 0.636 bits per heavy atom. The predicted octanol–water partition coefficient (Wildman–Crippen LogP) is 20.1. The van der Waals surface area contributed by atoms with Crippen LogP contribution < -0.4 is 0 Å². The van der Waals surface area contributed by atoms with Gasteiger partial charge in [-0.15, -0.1) is 0 Å². The van der Waals surface area contributed by atoms with E-state index in [1.807, 2.05) is 0 Å². The number of unbranched alkanes of at least 4 members (excludes halogenated alkanes) is 38. The average Bonchev–Trinajstić information content (AvgIpc) is 3.32. The average molecular weight is 928 g/mol. The quantitative estimate of drug-likeness (QED) is 0.0345. The van der Waals surface area contributed by atoms with Gasteiger partial charge in [-0.2, -0.15) is 0 Å². The fourth-order valence-electron chi connectivity index (χ4n) is 8.71. The first kappa shape index (κ1) is 64.1. The molecule has 5 nitrogen and oxygen atoms in total. The molecular formula is C61H114O5. The van der Waals surface area contributed by atoms with Gasteiger partial charge in [0.15, 0.2) is 6.10 Å². The minimum absolute atomic E-state index is 0.0868. The number of ether oxygens (including phenoxy) is 3. The van der Waals surface area contributed by atoms with Crippen molar-refractivity contribution in [3.05, 3.63) is 36.5 Å². The highest BCUT2D eigenvalue weighted by Crippen LogP contribution is 2.16. The summed E-state index contributed by atoms with van der Waals surface area (Å²) >= 11 is 0. The molecule has 0 aromatic carbocycles. The number of carbonyl (C=O) groups is 2. The van der Waals surface area contributed by atoms with Gasteiger partial charge in [-0.25, -0.2) is 0 Å². The van der Waals surface area contributed by atoms with Crippen LogP contribution in [0, 0.1) is 0 Å². The zero-order valence-corrected chi connectivity index (χ0v) is 44.7. The van der Waals surface area contributed by atoms with Crippen LogP contribution in [-0.2, 0) is 23.8 Å². The first-order chi connectivity index (χ1) is 32.6. The van der Waals surface area contributed by atoms with Gasteiger partial charge in [-0.3, -0.25) is 9.59 Å². The first-order valence-electron chi connectivity index (χ1n) is 29.5. The molecule has 0 aliphatic heterocycles. The maximum Gasteiger partial charge on any atom is 0.306 e. The highest BCUT2D eigenvalue weighted by Gasteiger charge is 2.17. The summed E-state index contributed by atoms with van der Waals surface area (Å²) in [4.78, 5) is 25.5. The summed E-state index contributed by atoms with van der Waals surface area (Å²) in [6, 6.07) is 0. The van der Waals surface area contributed by atoms with Crippen LogP contribution in [0.25, 0.3) is 0 Å². The van der Waals surface area contributed by atoms with Gasteiger partial charge in [-0.1, -0.05) is 263 Å². The van der Waals surface area contributed by atoms with Crippen molar-refractivity contribution >= 4 is 11.9 Å². The lowest BCUT2D eigenvalue weighted by atomic mass is 10.0. The Morgan fingerprint density at radius 3 is 1.05 bits per heavy atom. The van der Waals surface area contributed by atoms with Crippen LogP contribution in [0.5, 0.6) is 0 Å². The molecule has 0 aromatic heterocycles. The standard InChI is InChI=1S/C61H114O5/c1-4-7-10-13-16-19-22-25-28-30-31-33-34-36-39-42-45-48-51-54-60(62)65-58-59(57-64-56-53-50-47-44-41-38-27-24-21-18-15-12-9-6-3)66-61(63)55-52-49-46-43-40-37-35-32-29-26-23-20-17-14-11-8-5-2/h16,19,25-26,28-29,59H,4-15,17-18,20-24,27,30-58H2,1-3H3/b19-16-,28-25-,29-26-. The first-order valence-corrected chi connectivity index (χ1v) is 29.5. The topological polar surface area (TPSA) is 61.8 Å². The summed E-state index contributed by atoms with van der Waals surface area (Å²) in [5.74, 6) is -0.388. The van der Waals surface area contributed by atoms with Gasteiger partial charge >= 0.3 is 11.9 Å². The number of carbonyl (C=O) groups excluding carboxylic acids is 2. The summed E-state index contributed by atoms with van der Waals surface area (Å²) in [5.41, 5.74) is 0. The predicted molar refractivity (Wildman–Crippen MR) is 288 cm³/mol. The summed E-state index contributed by atoms with van der Waals surface area (Å²) < 4.78 is 17.5. The molecule has 66 heavy (non-hydrogen) atoms. The van der Waals surface area contributed by atoms with Crippen LogP contribution in [0.1, 0.15) is 316 Å². The van der Waals surface area contributed by atoms with E-state index in [-0.39, 0.29) is 18.5 Å². The fraction of sp³-hybridized carbons (Fsp3) is 0.869. The molecule has 0 spiro atoms. The molecule has 0 aliphatic carbocycles. The third-order valence-corrected chi connectivity index (χ3v) is 13.1. The third-order valence-electron chi connectivity index (χ3n) is 13.1. The summed E-state index contributed by atoms with van der Waals surface area (Å²) in [5, 5.41) is 0. The van der Waals surface area contributed by atoms with Crippen molar-refractivity contribution in [3.8, 4) is 0 Å². The Labute approximate surface area is 412 Å². The van der Waals surface area contributed by atoms with E-state index in [0.717, 1.165) is 38.5 Å². The number of hydrogen-bond donors (Lipinski definition) is 0. The molecule has 1 unspecified atom stereocenters. The van der Waals surface area contributed by atoms with Crippen molar-refractivity contribution < 1.29 is 23.8 Å². The van der Waals surface area contributed by atoms with Gasteiger partial charge in [0, 0.05) is 19.4 Å². The van der Waals surface area contributed by atoms with Gasteiger partial charge in [-0.05, 0) is 77.0 Å². The van der Waals surface area contributed by atoms with Crippen molar-refractivity contribution in [1.29, 1.82) is 0 Å². The summed E-state index contributed by atoms with van der Waals surface area (Å²) in [6.07, 6.45) is 70.2. The van der Waals surface area contributed by atoms with E-state index in [1.165, 1.54) is 244 Å². The van der Waals surface area contributed by atoms with Gasteiger partial charge in [0.25, 0.3) is 0 Å². The summed E-state index contributed by atoms with van der Waals surface area (Å²) in [6.45, 7) is 7.86. The van der Waals surface area contributed by atoms with Crippen molar-refractivity contribution in [2.45, 2.75) is 322 Å². The number of esters is 2. The zero-order chi connectivity index (χ0) is 47.7. The number of allylic oxidation sites excluding steroid dienone is 6. The Kier molecular flexibility index (Phi) is 55.8. The highest BCUT2D eigenvalue weighted by molar-refractivity contribution is 5.70. The van der Waals surface area contributed by atoms with E-state index in [4.69, 9.17) is 14.2 Å². The largest absolute Gasteiger partial charge is 0.462 e. The van der Waals surface area contributed by atoms with Crippen molar-refractivity contribution in [3.63, 3.8) is 0 Å². The van der Waals surface area contributed by atoms with Crippen LogP contribution in [0.4, 0.5) is 0 Å². The lowest BCUT2D eigenvalue weighted by Gasteiger charge is -2.18. The molecule has 0 aliphatic rings. The molecule has 1 atom stereocenters. The second kappa shape index (κ2) is 57.4. The number of hydrogen-bond acceptors (Lipinski definition) is 5. The molecule has 0 bridgehead atoms. The van der Waals surface area contributed by atoms with E-state index in [1.54, 1.807) is 0 Å². The van der Waals surface area contributed by atoms with Crippen molar-refractivity contribution in [2.75, 3.05) is 19.8 Å². The van der Waals surface area contributed by atoms with E-state index in [9.17, 15) is 9.59 Å². The second-order valence-electron chi connectivity index (χ2n) is 19.9. The minimum Gasteiger partial charge on any atom is -0.462 e. The van der Waals surface area contributed by atoms with E-state index in [2.05, 4.69) is 57.2 Å². The monoisotopic (exact) mass is 927 g/mol. The molecule has 0 saturated carbocycles. The van der Waals surface area contributed by atoms with Crippen LogP contribution >= 0.6 is 0 Å². The Hall–Kier alpha value is -1.88. The SMILES string of the molecule is CCCCC/C=C\C/C=C\CCCCCCCCCCCC(=O)OCC(COCCCCCCCCCCCCCCCC)OC(=O)CCCCCCCCC/C=C\CCCCCCCC. The van der Waals surface area contributed by atoms with Crippen LogP contribution in [0.3, 0.4) is 0 Å². The van der Waals surface area contributed by atoms with Crippen LogP contribution in [0.2, 0.25) is 0 Å². The lowest BCUT2D eigenvalue weighted by Crippen LogP contribution is -2.30. The Balaban J connectivity index is 4.23. The number of rotatable bonds is 55. The molecular weight excluding hydrogens is 813 g/mol. The second-order valence-corrected chi connectivity index (χ2v) is 19.9. The van der Waals surface area contributed by atoms with E-state index >= 15 is 0 Å². The zero-order valence-electron chi connectivity index (χ0n) is 44.7. The normalized spacial score (nSPS) is 12.3. The van der Waals surface area contributed by atoms with Crippen LogP contribution in [-0.4, -0.2) is 37.9 Å². The molecule has 0 aromatic rings.